The molecule has 0 bridgehead atoms. The molecule has 0 aromatic carbocycles. The van der Waals surface area contributed by atoms with Crippen molar-refractivity contribution in [1.82, 2.24) is 0 Å². The van der Waals surface area contributed by atoms with Crippen molar-refractivity contribution in [3.63, 3.8) is 0 Å². The van der Waals surface area contributed by atoms with E-state index in [0.29, 0.717) is 12.0 Å². The van der Waals surface area contributed by atoms with E-state index >= 15 is 0 Å². The number of rotatable bonds is 6. The highest BCUT2D eigenvalue weighted by molar-refractivity contribution is 5.85. The molecule has 1 atom stereocenters. The van der Waals surface area contributed by atoms with Crippen molar-refractivity contribution < 1.29 is 14.3 Å². The summed E-state index contributed by atoms with van der Waals surface area (Å²) < 4.78 is 11.4. The molecule has 3 nitrogen and oxygen atoms in total. The molecule has 0 aromatic heterocycles. The molecule has 0 N–H and O–H groups in total. The number of carbonyl (C=O) groups excluding carboxylic acids is 1. The van der Waals surface area contributed by atoms with Crippen molar-refractivity contribution in [1.29, 1.82) is 0 Å². The van der Waals surface area contributed by atoms with Gasteiger partial charge in [0, 0.05) is 0 Å². The Morgan fingerprint density at radius 1 is 1.24 bits per heavy atom. The normalized spacial score (nSPS) is 35.8. The van der Waals surface area contributed by atoms with Crippen molar-refractivity contribution in [2.45, 2.75) is 90.8 Å². The first kappa shape index (κ1) is 16.8. The monoisotopic (exact) mass is 296 g/mol. The van der Waals surface area contributed by atoms with Crippen LogP contribution in [0.25, 0.3) is 0 Å². The SMILES string of the molecule is CCCC1(C(=O)OCC)OC12CCC(C(C)(C)CC)CC2. The zero-order valence-corrected chi connectivity index (χ0v) is 14.5. The molecule has 3 heteroatoms. The van der Waals surface area contributed by atoms with E-state index in [1.165, 1.54) is 19.3 Å². The zero-order chi connectivity index (χ0) is 15.7. The van der Waals surface area contributed by atoms with E-state index < -0.39 is 5.60 Å². The first-order valence-corrected chi connectivity index (χ1v) is 8.75. The number of hydrogen-bond donors (Lipinski definition) is 0. The third kappa shape index (κ3) is 2.74. The topological polar surface area (TPSA) is 38.8 Å². The molecule has 122 valence electrons. The summed E-state index contributed by atoms with van der Waals surface area (Å²) >= 11 is 0. The van der Waals surface area contributed by atoms with Gasteiger partial charge in [-0.1, -0.05) is 40.5 Å². The number of carbonyl (C=O) groups is 1. The van der Waals surface area contributed by atoms with Crippen molar-refractivity contribution in [3.05, 3.63) is 0 Å². The average molecular weight is 296 g/mol. The van der Waals surface area contributed by atoms with Gasteiger partial charge < -0.3 is 9.47 Å². The van der Waals surface area contributed by atoms with Gasteiger partial charge in [-0.3, -0.25) is 0 Å². The van der Waals surface area contributed by atoms with Crippen LogP contribution in [-0.4, -0.2) is 23.8 Å². The first-order valence-electron chi connectivity index (χ1n) is 8.75. The summed E-state index contributed by atoms with van der Waals surface area (Å²) in [5.74, 6) is 0.624. The summed E-state index contributed by atoms with van der Waals surface area (Å²) in [4.78, 5) is 12.4. The van der Waals surface area contributed by atoms with Crippen LogP contribution in [0.4, 0.5) is 0 Å². The van der Waals surface area contributed by atoms with Crippen LogP contribution in [0.2, 0.25) is 0 Å². The zero-order valence-electron chi connectivity index (χ0n) is 14.5. The van der Waals surface area contributed by atoms with Crippen LogP contribution in [0.5, 0.6) is 0 Å². The Morgan fingerprint density at radius 3 is 2.33 bits per heavy atom. The second-order valence-electron chi connectivity index (χ2n) is 7.51. The molecule has 1 heterocycles. The Labute approximate surface area is 129 Å². The van der Waals surface area contributed by atoms with E-state index in [9.17, 15) is 4.79 Å². The largest absolute Gasteiger partial charge is 0.464 e. The average Bonchev–Trinajstić information content (AvgIpc) is 3.08. The minimum Gasteiger partial charge on any atom is -0.464 e. The van der Waals surface area contributed by atoms with Crippen molar-refractivity contribution in [2.75, 3.05) is 6.61 Å². The maximum absolute atomic E-state index is 12.4. The standard InChI is InChI=1S/C18H32O3/c1-6-11-18(15(19)20-8-3)17(21-18)12-9-14(10-13-17)16(4,5)7-2/h14H,6-13H2,1-5H3. The Hall–Kier alpha value is -0.570. The molecule has 0 radical (unpaired) electrons. The number of esters is 1. The highest BCUT2D eigenvalue weighted by atomic mass is 16.7. The Balaban J connectivity index is 2.05. The molecule has 1 saturated heterocycles. The fraction of sp³-hybridized carbons (Fsp3) is 0.944. The molecule has 0 aromatic rings. The van der Waals surface area contributed by atoms with Crippen LogP contribution in [0.1, 0.15) is 79.6 Å². The van der Waals surface area contributed by atoms with E-state index in [2.05, 4.69) is 27.7 Å². The third-order valence-electron chi connectivity index (χ3n) is 6.08. The van der Waals surface area contributed by atoms with Gasteiger partial charge in [0.15, 0.2) is 5.60 Å². The molecule has 1 saturated carbocycles. The summed E-state index contributed by atoms with van der Waals surface area (Å²) in [5.41, 5.74) is -0.442. The Morgan fingerprint density at radius 2 is 1.86 bits per heavy atom. The lowest BCUT2D eigenvalue weighted by Crippen LogP contribution is -2.40. The Kier molecular flexibility index (Phi) is 4.72. The molecule has 0 amide bonds. The number of epoxide rings is 1. The molecule has 1 aliphatic heterocycles. The molecule has 2 rings (SSSR count). The van der Waals surface area contributed by atoms with Crippen molar-refractivity contribution >= 4 is 5.97 Å². The summed E-state index contributed by atoms with van der Waals surface area (Å²) in [6, 6.07) is 0. The number of ether oxygens (including phenoxy) is 2. The summed E-state index contributed by atoms with van der Waals surface area (Å²) in [6.45, 7) is 11.4. The molecule has 1 aliphatic carbocycles. The fourth-order valence-electron chi connectivity index (χ4n) is 4.18. The van der Waals surface area contributed by atoms with Gasteiger partial charge in [-0.25, -0.2) is 4.79 Å². The Bertz CT molecular complexity index is 380. The van der Waals surface area contributed by atoms with E-state index in [0.717, 1.165) is 31.6 Å². The maximum Gasteiger partial charge on any atom is 0.341 e. The van der Waals surface area contributed by atoms with E-state index in [4.69, 9.17) is 9.47 Å². The minimum absolute atomic E-state index is 0.125. The van der Waals surface area contributed by atoms with Crippen LogP contribution >= 0.6 is 0 Å². The lowest BCUT2D eigenvalue weighted by Gasteiger charge is -2.38. The van der Waals surface area contributed by atoms with Crippen LogP contribution in [0.3, 0.4) is 0 Å². The molecule has 1 unspecified atom stereocenters. The summed E-state index contributed by atoms with van der Waals surface area (Å²) in [5, 5.41) is 0. The van der Waals surface area contributed by atoms with Crippen molar-refractivity contribution in [3.8, 4) is 0 Å². The predicted octanol–water partition coefficient (Wildman–Crippen LogP) is 4.48. The lowest BCUT2D eigenvalue weighted by atomic mass is 9.65. The van der Waals surface area contributed by atoms with Gasteiger partial charge in [-0.15, -0.1) is 0 Å². The molecule has 1 spiro atoms. The highest BCUT2D eigenvalue weighted by Gasteiger charge is 2.74. The maximum atomic E-state index is 12.4. The van der Waals surface area contributed by atoms with Gasteiger partial charge in [-0.05, 0) is 50.4 Å². The second kappa shape index (κ2) is 5.91. The van der Waals surface area contributed by atoms with Gasteiger partial charge in [0.25, 0.3) is 0 Å². The smallest absolute Gasteiger partial charge is 0.341 e. The highest BCUT2D eigenvalue weighted by Crippen LogP contribution is 2.61. The predicted molar refractivity (Wildman–Crippen MR) is 84.1 cm³/mol. The van der Waals surface area contributed by atoms with Gasteiger partial charge >= 0.3 is 5.97 Å². The lowest BCUT2D eigenvalue weighted by molar-refractivity contribution is -0.150. The summed E-state index contributed by atoms with van der Waals surface area (Å²) in [6.07, 6.45) is 7.35. The fourth-order valence-corrected chi connectivity index (χ4v) is 4.18. The van der Waals surface area contributed by atoms with E-state index in [1.807, 2.05) is 6.92 Å². The van der Waals surface area contributed by atoms with E-state index in [-0.39, 0.29) is 11.6 Å². The molecule has 21 heavy (non-hydrogen) atoms. The van der Waals surface area contributed by atoms with Crippen LogP contribution in [0.15, 0.2) is 0 Å². The molecular formula is C18H32O3. The molecule has 2 aliphatic rings. The van der Waals surface area contributed by atoms with E-state index in [1.54, 1.807) is 0 Å². The van der Waals surface area contributed by atoms with Gasteiger partial charge in [0.05, 0.1) is 6.61 Å². The first-order chi connectivity index (χ1) is 9.87. The van der Waals surface area contributed by atoms with Crippen LogP contribution in [-0.2, 0) is 14.3 Å². The summed E-state index contributed by atoms with van der Waals surface area (Å²) in [7, 11) is 0. The van der Waals surface area contributed by atoms with Crippen LogP contribution < -0.4 is 0 Å². The molecular weight excluding hydrogens is 264 g/mol. The third-order valence-corrected chi connectivity index (χ3v) is 6.08. The second-order valence-corrected chi connectivity index (χ2v) is 7.51. The molecule has 2 fully saturated rings. The quantitative estimate of drug-likeness (QED) is 0.535. The van der Waals surface area contributed by atoms with Gasteiger partial charge in [0.2, 0.25) is 0 Å². The van der Waals surface area contributed by atoms with Gasteiger partial charge in [-0.2, -0.15) is 0 Å². The van der Waals surface area contributed by atoms with Crippen molar-refractivity contribution in [2.24, 2.45) is 11.3 Å². The van der Waals surface area contributed by atoms with Crippen LogP contribution in [0, 0.1) is 11.3 Å². The van der Waals surface area contributed by atoms with Gasteiger partial charge in [0.1, 0.15) is 5.60 Å². The number of hydrogen-bond acceptors (Lipinski definition) is 3. The minimum atomic E-state index is -0.626.